The molecule has 3 heterocycles. The Morgan fingerprint density at radius 2 is 1.82 bits per heavy atom. The molecular weight excluding hydrogens is 418 g/mol. The van der Waals surface area contributed by atoms with E-state index in [0.29, 0.717) is 24.0 Å². The van der Waals surface area contributed by atoms with Crippen LogP contribution in [0.2, 0.25) is 0 Å². The van der Waals surface area contributed by atoms with Gasteiger partial charge in [-0.1, -0.05) is 0 Å². The summed E-state index contributed by atoms with van der Waals surface area (Å²) in [6.07, 6.45) is 10.1. The van der Waals surface area contributed by atoms with Crippen LogP contribution >= 0.6 is 0 Å². The van der Waals surface area contributed by atoms with Gasteiger partial charge < -0.3 is 25.4 Å². The number of hydrogen-bond donors (Lipinski definition) is 3. The van der Waals surface area contributed by atoms with Gasteiger partial charge in [0.1, 0.15) is 18.0 Å². The number of aromatic nitrogens is 4. The fourth-order valence-corrected chi connectivity index (χ4v) is 4.70. The molecule has 0 aromatic carbocycles. The van der Waals surface area contributed by atoms with Crippen LogP contribution in [-0.2, 0) is 9.47 Å². The topological polar surface area (TPSA) is 106 Å². The zero-order chi connectivity index (χ0) is 22.9. The van der Waals surface area contributed by atoms with Crippen LogP contribution in [0.3, 0.4) is 0 Å². The van der Waals surface area contributed by atoms with Crippen molar-refractivity contribution in [3.63, 3.8) is 0 Å². The minimum Gasteiger partial charge on any atom is -0.383 e. The molecule has 2 aliphatic rings. The Bertz CT molecular complexity index is 854. The number of ether oxygens (including phenoxy) is 2. The maximum atomic E-state index is 5.44. The number of methoxy groups -OCH3 is 1. The first-order valence-corrected chi connectivity index (χ1v) is 12.2. The standard InChI is InChI=1S/C24H37N7O2/c1-17(15-32-2)29-20-3-5-21(6-4-20)30-23-12-22(26-16-27-23)19-11-24(31-28-14-19)25-13-18-7-9-33-10-8-18/h11-12,14,16-18,20-21,29H,3-10,13,15H2,1-2H3,(H,25,31)(H,26,27,30). The first-order valence-electron chi connectivity index (χ1n) is 12.2. The van der Waals surface area contributed by atoms with Crippen molar-refractivity contribution in [2.75, 3.05) is 44.1 Å². The van der Waals surface area contributed by atoms with Gasteiger partial charge in [-0.2, -0.15) is 5.10 Å². The molecule has 0 bridgehead atoms. The molecule has 2 aromatic heterocycles. The second-order valence-corrected chi connectivity index (χ2v) is 9.27. The molecular formula is C24H37N7O2. The van der Waals surface area contributed by atoms with Crippen molar-refractivity contribution in [3.8, 4) is 11.3 Å². The third-order valence-electron chi connectivity index (χ3n) is 6.55. The summed E-state index contributed by atoms with van der Waals surface area (Å²) >= 11 is 0. The maximum absolute atomic E-state index is 5.44. The van der Waals surface area contributed by atoms with Crippen molar-refractivity contribution in [1.82, 2.24) is 25.5 Å². The van der Waals surface area contributed by atoms with Crippen molar-refractivity contribution < 1.29 is 9.47 Å². The maximum Gasteiger partial charge on any atom is 0.149 e. The second-order valence-electron chi connectivity index (χ2n) is 9.27. The van der Waals surface area contributed by atoms with Gasteiger partial charge in [-0.3, -0.25) is 0 Å². The molecule has 1 atom stereocenters. The highest BCUT2D eigenvalue weighted by atomic mass is 16.5. The minimum absolute atomic E-state index is 0.388. The van der Waals surface area contributed by atoms with E-state index in [1.807, 2.05) is 12.1 Å². The Morgan fingerprint density at radius 1 is 1.03 bits per heavy atom. The number of rotatable bonds is 10. The van der Waals surface area contributed by atoms with E-state index in [2.05, 4.69) is 43.0 Å². The van der Waals surface area contributed by atoms with E-state index >= 15 is 0 Å². The Morgan fingerprint density at radius 3 is 2.61 bits per heavy atom. The second kappa shape index (κ2) is 12.2. The molecule has 1 aliphatic carbocycles. The van der Waals surface area contributed by atoms with Crippen LogP contribution in [0, 0.1) is 5.92 Å². The summed E-state index contributed by atoms with van der Waals surface area (Å²) in [5, 5.41) is 19.1. The molecule has 1 saturated carbocycles. The number of nitrogens with one attached hydrogen (secondary N) is 3. The largest absolute Gasteiger partial charge is 0.383 e. The van der Waals surface area contributed by atoms with Crippen LogP contribution in [0.4, 0.5) is 11.6 Å². The van der Waals surface area contributed by atoms with E-state index in [1.54, 1.807) is 19.6 Å². The third kappa shape index (κ3) is 7.31. The molecule has 0 radical (unpaired) electrons. The van der Waals surface area contributed by atoms with E-state index < -0.39 is 0 Å². The summed E-state index contributed by atoms with van der Waals surface area (Å²) in [7, 11) is 1.75. The van der Waals surface area contributed by atoms with E-state index in [4.69, 9.17) is 9.47 Å². The first kappa shape index (κ1) is 23.8. The summed E-state index contributed by atoms with van der Waals surface area (Å²) in [4.78, 5) is 8.92. The van der Waals surface area contributed by atoms with Crippen LogP contribution in [0.25, 0.3) is 11.3 Å². The highest BCUT2D eigenvalue weighted by Gasteiger charge is 2.22. The Hall–Kier alpha value is -2.36. The molecule has 9 nitrogen and oxygen atoms in total. The van der Waals surface area contributed by atoms with Gasteiger partial charge in [-0.25, -0.2) is 9.97 Å². The van der Waals surface area contributed by atoms with Crippen molar-refractivity contribution >= 4 is 11.6 Å². The average Bonchev–Trinajstić information content (AvgIpc) is 2.85. The SMILES string of the molecule is COCC(C)NC1CCC(Nc2cc(-c3cnnc(NCC4CCOCC4)c3)ncn2)CC1. The van der Waals surface area contributed by atoms with Crippen LogP contribution in [0.1, 0.15) is 45.4 Å². The van der Waals surface area contributed by atoms with Crippen molar-refractivity contribution in [2.45, 2.75) is 63.6 Å². The van der Waals surface area contributed by atoms with Crippen LogP contribution < -0.4 is 16.0 Å². The van der Waals surface area contributed by atoms with Crippen LogP contribution in [0.5, 0.6) is 0 Å². The van der Waals surface area contributed by atoms with E-state index in [0.717, 1.165) is 87.8 Å². The fourth-order valence-electron chi connectivity index (χ4n) is 4.70. The van der Waals surface area contributed by atoms with Gasteiger partial charge >= 0.3 is 0 Å². The normalized spacial score (nSPS) is 22.6. The van der Waals surface area contributed by atoms with Crippen molar-refractivity contribution in [2.24, 2.45) is 5.92 Å². The molecule has 3 N–H and O–H groups in total. The Balaban J connectivity index is 1.30. The summed E-state index contributed by atoms with van der Waals surface area (Å²) in [5.74, 6) is 2.26. The molecule has 180 valence electrons. The van der Waals surface area contributed by atoms with E-state index in [-0.39, 0.29) is 0 Å². The molecule has 0 amide bonds. The summed E-state index contributed by atoms with van der Waals surface area (Å²) in [5.41, 5.74) is 1.78. The third-order valence-corrected chi connectivity index (χ3v) is 6.55. The summed E-state index contributed by atoms with van der Waals surface area (Å²) < 4.78 is 10.7. The van der Waals surface area contributed by atoms with Gasteiger partial charge in [0.15, 0.2) is 0 Å². The lowest BCUT2D eigenvalue weighted by Crippen LogP contribution is -2.42. The van der Waals surface area contributed by atoms with Crippen molar-refractivity contribution in [3.05, 3.63) is 24.7 Å². The van der Waals surface area contributed by atoms with Crippen molar-refractivity contribution in [1.29, 1.82) is 0 Å². The predicted molar refractivity (Wildman–Crippen MR) is 129 cm³/mol. The molecule has 33 heavy (non-hydrogen) atoms. The molecule has 4 rings (SSSR count). The Labute approximate surface area is 196 Å². The quantitative estimate of drug-likeness (QED) is 0.498. The van der Waals surface area contributed by atoms with Gasteiger partial charge in [0.05, 0.1) is 18.5 Å². The predicted octanol–water partition coefficient (Wildman–Crippen LogP) is 3.12. The zero-order valence-electron chi connectivity index (χ0n) is 19.8. The van der Waals surface area contributed by atoms with Gasteiger partial charge in [-0.15, -0.1) is 5.10 Å². The first-order chi connectivity index (χ1) is 16.2. The van der Waals surface area contributed by atoms with Gasteiger partial charge in [0, 0.05) is 56.6 Å². The summed E-state index contributed by atoms with van der Waals surface area (Å²) in [6.45, 7) is 5.51. The lowest BCUT2D eigenvalue weighted by Gasteiger charge is -2.31. The minimum atomic E-state index is 0.388. The van der Waals surface area contributed by atoms with Crippen LogP contribution in [0.15, 0.2) is 24.7 Å². The highest BCUT2D eigenvalue weighted by molar-refractivity contribution is 5.64. The average molecular weight is 456 g/mol. The lowest BCUT2D eigenvalue weighted by atomic mass is 9.90. The fraction of sp³-hybridized carbons (Fsp3) is 0.667. The summed E-state index contributed by atoms with van der Waals surface area (Å²) in [6, 6.07) is 5.39. The molecule has 1 aliphatic heterocycles. The molecule has 2 fully saturated rings. The highest BCUT2D eigenvalue weighted by Crippen LogP contribution is 2.25. The lowest BCUT2D eigenvalue weighted by molar-refractivity contribution is 0.0699. The van der Waals surface area contributed by atoms with Gasteiger partial charge in [0.25, 0.3) is 0 Å². The zero-order valence-corrected chi connectivity index (χ0v) is 19.8. The monoisotopic (exact) mass is 455 g/mol. The molecule has 0 spiro atoms. The molecule has 9 heteroatoms. The molecule has 2 aromatic rings. The smallest absolute Gasteiger partial charge is 0.149 e. The van der Waals surface area contributed by atoms with E-state index in [1.165, 1.54) is 0 Å². The van der Waals surface area contributed by atoms with Gasteiger partial charge in [-0.05, 0) is 57.4 Å². The molecule has 1 saturated heterocycles. The van der Waals surface area contributed by atoms with E-state index in [9.17, 15) is 0 Å². The number of nitrogens with zero attached hydrogens (tertiary/aromatic N) is 4. The van der Waals surface area contributed by atoms with Crippen LogP contribution in [-0.4, -0.2) is 71.8 Å². The number of anilines is 2. The number of hydrogen-bond acceptors (Lipinski definition) is 9. The van der Waals surface area contributed by atoms with Gasteiger partial charge in [0.2, 0.25) is 0 Å². The Kier molecular flexibility index (Phi) is 8.79. The molecule has 1 unspecified atom stereocenters.